The monoisotopic (exact) mass is 792 g/mol. The van der Waals surface area contributed by atoms with Gasteiger partial charge in [-0.1, -0.05) is 200 Å². The molecule has 0 amide bonds. The summed E-state index contributed by atoms with van der Waals surface area (Å²) in [6.07, 6.45) is 0. The predicted octanol–water partition coefficient (Wildman–Crippen LogP) is 17.0. The summed E-state index contributed by atoms with van der Waals surface area (Å²) in [5.41, 5.74) is 18.5. The Hall–Kier alpha value is -8.20. The third kappa shape index (κ3) is 8.06. The van der Waals surface area contributed by atoms with Gasteiger partial charge in [0, 0.05) is 34.0 Å². The average Bonchev–Trinajstić information content (AvgIpc) is 3.36. The molecule has 0 heterocycles. The van der Waals surface area contributed by atoms with E-state index < -0.39 is 0 Å². The molecule has 0 aliphatic carbocycles. The number of benzene rings is 10. The highest BCUT2D eigenvalue weighted by molar-refractivity contribution is 5.89. The van der Waals surface area contributed by atoms with E-state index in [1.54, 1.807) is 0 Å². The summed E-state index contributed by atoms with van der Waals surface area (Å²) in [4.78, 5) is 4.70. The van der Waals surface area contributed by atoms with Gasteiger partial charge in [0.2, 0.25) is 0 Å². The first-order valence-corrected chi connectivity index (χ1v) is 21.2. The van der Waals surface area contributed by atoms with Crippen molar-refractivity contribution in [2.75, 3.05) is 9.80 Å². The first kappa shape index (κ1) is 38.0. The van der Waals surface area contributed by atoms with E-state index in [4.69, 9.17) is 0 Å². The van der Waals surface area contributed by atoms with Crippen LogP contribution in [-0.4, -0.2) is 0 Å². The fraction of sp³-hybridized carbons (Fsp3) is 0. The van der Waals surface area contributed by atoms with Crippen molar-refractivity contribution < 1.29 is 0 Å². The summed E-state index contributed by atoms with van der Waals surface area (Å²) >= 11 is 0. The lowest BCUT2D eigenvalue weighted by Gasteiger charge is -2.28. The van der Waals surface area contributed by atoms with Gasteiger partial charge in [0.25, 0.3) is 0 Å². The second-order valence-electron chi connectivity index (χ2n) is 15.4. The SMILES string of the molecule is c1ccc(-c2ccc(N(c3ccc(-c4ccccc4)cc3)c3ccc(-c4ccc(N(c5ccc(-c6ccccc6)cc5)c5ccccc5-c5ccccc5)cc4)cc3)cc2)cc1. The quantitative estimate of drug-likeness (QED) is 0.129. The molecule has 10 aromatic rings. The van der Waals surface area contributed by atoms with Crippen molar-refractivity contribution in [1.82, 2.24) is 0 Å². The lowest BCUT2D eigenvalue weighted by atomic mass is 10.00. The van der Waals surface area contributed by atoms with E-state index in [2.05, 4.69) is 277 Å². The molecule has 0 radical (unpaired) electrons. The molecule has 0 aromatic heterocycles. The fourth-order valence-electron chi connectivity index (χ4n) is 8.31. The zero-order valence-electron chi connectivity index (χ0n) is 34.3. The molecule has 2 heteroatoms. The Morgan fingerprint density at radius 1 is 0.161 bits per heavy atom. The number of anilines is 6. The summed E-state index contributed by atoms with van der Waals surface area (Å²) in [6.45, 7) is 0. The normalized spacial score (nSPS) is 10.9. The highest BCUT2D eigenvalue weighted by Gasteiger charge is 2.18. The molecule has 0 bridgehead atoms. The Balaban J connectivity index is 0.984. The van der Waals surface area contributed by atoms with Crippen molar-refractivity contribution >= 4 is 34.1 Å². The van der Waals surface area contributed by atoms with Crippen LogP contribution in [0.4, 0.5) is 34.1 Å². The minimum absolute atomic E-state index is 1.09. The number of hydrogen-bond acceptors (Lipinski definition) is 2. The zero-order valence-corrected chi connectivity index (χ0v) is 34.3. The Kier molecular flexibility index (Phi) is 10.8. The maximum absolute atomic E-state index is 2.37. The first-order chi connectivity index (χ1) is 30.7. The van der Waals surface area contributed by atoms with E-state index in [0.717, 1.165) is 45.3 Å². The minimum Gasteiger partial charge on any atom is -0.311 e. The lowest BCUT2D eigenvalue weighted by molar-refractivity contribution is 1.28. The van der Waals surface area contributed by atoms with Gasteiger partial charge in [0.1, 0.15) is 0 Å². The predicted molar refractivity (Wildman–Crippen MR) is 263 cm³/mol. The van der Waals surface area contributed by atoms with Crippen molar-refractivity contribution in [3.63, 3.8) is 0 Å². The summed E-state index contributed by atoms with van der Waals surface area (Å²) in [6, 6.07) is 95.5. The number of para-hydroxylation sites is 1. The van der Waals surface area contributed by atoms with Crippen LogP contribution >= 0.6 is 0 Å². The average molecular weight is 793 g/mol. The molecule has 0 N–H and O–H groups in total. The van der Waals surface area contributed by atoms with Crippen LogP contribution in [0.2, 0.25) is 0 Å². The van der Waals surface area contributed by atoms with E-state index >= 15 is 0 Å². The second kappa shape index (κ2) is 17.6. The summed E-state index contributed by atoms with van der Waals surface area (Å²) in [7, 11) is 0. The third-order valence-corrected chi connectivity index (χ3v) is 11.5. The largest absolute Gasteiger partial charge is 0.311 e. The molecule has 0 unspecified atom stereocenters. The van der Waals surface area contributed by atoms with Gasteiger partial charge >= 0.3 is 0 Å². The minimum atomic E-state index is 1.09. The van der Waals surface area contributed by atoms with Crippen LogP contribution in [0.3, 0.4) is 0 Å². The third-order valence-electron chi connectivity index (χ3n) is 11.5. The van der Waals surface area contributed by atoms with Crippen LogP contribution in [0.1, 0.15) is 0 Å². The number of rotatable bonds is 11. The highest BCUT2D eigenvalue weighted by atomic mass is 15.1. The maximum Gasteiger partial charge on any atom is 0.0540 e. The van der Waals surface area contributed by atoms with Crippen molar-refractivity contribution in [2.24, 2.45) is 0 Å². The van der Waals surface area contributed by atoms with E-state index in [1.165, 1.54) is 44.5 Å². The van der Waals surface area contributed by atoms with Gasteiger partial charge in [0.05, 0.1) is 5.69 Å². The van der Waals surface area contributed by atoms with E-state index in [9.17, 15) is 0 Å². The maximum atomic E-state index is 2.37. The Labute approximate surface area is 364 Å². The van der Waals surface area contributed by atoms with Gasteiger partial charge in [-0.2, -0.15) is 0 Å². The van der Waals surface area contributed by atoms with Gasteiger partial charge < -0.3 is 9.80 Å². The molecule has 0 fully saturated rings. The lowest BCUT2D eigenvalue weighted by Crippen LogP contribution is -2.11. The van der Waals surface area contributed by atoms with Gasteiger partial charge in [-0.05, 0) is 117 Å². The van der Waals surface area contributed by atoms with Gasteiger partial charge in [-0.15, -0.1) is 0 Å². The van der Waals surface area contributed by atoms with Crippen LogP contribution in [-0.2, 0) is 0 Å². The van der Waals surface area contributed by atoms with Crippen molar-refractivity contribution in [3.8, 4) is 55.6 Å². The molecule has 0 saturated heterocycles. The Morgan fingerprint density at radius 2 is 0.387 bits per heavy atom. The smallest absolute Gasteiger partial charge is 0.0540 e. The Morgan fingerprint density at radius 3 is 0.694 bits per heavy atom. The molecule has 10 rings (SSSR count). The summed E-state index contributed by atoms with van der Waals surface area (Å²) < 4.78 is 0. The molecule has 2 nitrogen and oxygen atoms in total. The van der Waals surface area contributed by atoms with Crippen LogP contribution in [0.5, 0.6) is 0 Å². The summed E-state index contributed by atoms with van der Waals surface area (Å²) in [5, 5.41) is 0. The number of hydrogen-bond donors (Lipinski definition) is 0. The van der Waals surface area contributed by atoms with E-state index in [0.29, 0.717) is 0 Å². The highest BCUT2D eigenvalue weighted by Crippen LogP contribution is 2.42. The number of nitrogens with zero attached hydrogens (tertiary/aromatic N) is 2. The molecule has 62 heavy (non-hydrogen) atoms. The van der Waals surface area contributed by atoms with Crippen molar-refractivity contribution in [2.45, 2.75) is 0 Å². The fourth-order valence-corrected chi connectivity index (χ4v) is 8.31. The van der Waals surface area contributed by atoms with Gasteiger partial charge in [-0.3, -0.25) is 0 Å². The molecule has 0 atom stereocenters. The van der Waals surface area contributed by atoms with Gasteiger partial charge in [-0.25, -0.2) is 0 Å². The van der Waals surface area contributed by atoms with Crippen LogP contribution in [0.25, 0.3) is 55.6 Å². The van der Waals surface area contributed by atoms with Gasteiger partial charge in [0.15, 0.2) is 0 Å². The zero-order chi connectivity index (χ0) is 41.5. The van der Waals surface area contributed by atoms with Crippen LogP contribution in [0, 0.1) is 0 Å². The standard InChI is InChI=1S/C60H44N2/c1-5-15-45(16-6-1)48-25-35-54(36-26-48)61(55-37-27-49(28-38-55)46-17-7-2-8-18-46)56-39-29-51(30-40-56)52-33-43-58(44-34-52)62(57-41-31-50(32-42-57)47-19-9-3-10-20-47)60-24-14-13-23-59(60)53-21-11-4-12-22-53/h1-44H. The molecule has 10 aromatic carbocycles. The van der Waals surface area contributed by atoms with Crippen LogP contribution in [0.15, 0.2) is 267 Å². The van der Waals surface area contributed by atoms with Crippen molar-refractivity contribution in [3.05, 3.63) is 267 Å². The molecular formula is C60H44N2. The molecular weight excluding hydrogens is 749 g/mol. The summed E-state index contributed by atoms with van der Waals surface area (Å²) in [5.74, 6) is 0. The van der Waals surface area contributed by atoms with E-state index in [1.807, 2.05) is 0 Å². The molecule has 0 spiro atoms. The first-order valence-electron chi connectivity index (χ1n) is 21.2. The molecule has 294 valence electrons. The molecule has 0 saturated carbocycles. The topological polar surface area (TPSA) is 6.48 Å². The van der Waals surface area contributed by atoms with E-state index in [-0.39, 0.29) is 0 Å². The van der Waals surface area contributed by atoms with Crippen molar-refractivity contribution in [1.29, 1.82) is 0 Å². The molecule has 0 aliphatic heterocycles. The second-order valence-corrected chi connectivity index (χ2v) is 15.4. The molecule has 0 aliphatic rings. The Bertz CT molecular complexity index is 2900. The van der Waals surface area contributed by atoms with Crippen LogP contribution < -0.4 is 9.80 Å².